The monoisotopic (exact) mass is 399 g/mol. The van der Waals surface area contributed by atoms with E-state index in [1.807, 2.05) is 11.1 Å². The summed E-state index contributed by atoms with van der Waals surface area (Å²) in [4.78, 5) is 3.13. The van der Waals surface area contributed by atoms with Gasteiger partial charge in [0, 0.05) is 12.6 Å². The molecule has 1 unspecified atom stereocenters. The van der Waals surface area contributed by atoms with Gasteiger partial charge in [-0.2, -0.15) is 0 Å². The van der Waals surface area contributed by atoms with Gasteiger partial charge in [0.05, 0.1) is 10.9 Å². The van der Waals surface area contributed by atoms with Crippen molar-refractivity contribution in [1.82, 2.24) is 15.2 Å². The van der Waals surface area contributed by atoms with Gasteiger partial charge in [0.2, 0.25) is 0 Å². The molecule has 0 radical (unpaired) electrons. The zero-order valence-electron chi connectivity index (χ0n) is 16.4. The van der Waals surface area contributed by atoms with Gasteiger partial charge in [0.25, 0.3) is 10.0 Å². The van der Waals surface area contributed by atoms with Crippen LogP contribution in [0.5, 0.6) is 0 Å². The Bertz CT molecular complexity index is 915. The van der Waals surface area contributed by atoms with Crippen molar-refractivity contribution in [2.24, 2.45) is 0 Å². The van der Waals surface area contributed by atoms with Crippen LogP contribution in [-0.4, -0.2) is 32.6 Å². The molecule has 0 spiro atoms. The molecule has 0 amide bonds. The standard InChI is InChI=1S/C22H29N3O2S/c1-2-23-20-13-12-17-15-19(11-10-18(17)16-20)22-9-6-14-25(22)24-28(26,27)21-7-4-3-5-8-21/h3-5,7-8,10-11,15,20,22-24H,2,6,9,12-14,16H2,1H3/t20-,22?/m0/s1. The van der Waals surface area contributed by atoms with E-state index in [0.29, 0.717) is 10.9 Å². The number of nitrogens with one attached hydrogen (secondary N) is 2. The highest BCUT2D eigenvalue weighted by molar-refractivity contribution is 7.89. The lowest BCUT2D eigenvalue weighted by atomic mass is 9.86. The van der Waals surface area contributed by atoms with E-state index in [-0.39, 0.29) is 6.04 Å². The minimum atomic E-state index is -3.55. The largest absolute Gasteiger partial charge is 0.314 e. The average Bonchev–Trinajstić information content (AvgIpc) is 3.16. The maximum absolute atomic E-state index is 12.7. The number of hydrazine groups is 1. The van der Waals surface area contributed by atoms with Crippen LogP contribution in [0.4, 0.5) is 0 Å². The molecule has 4 rings (SSSR count). The van der Waals surface area contributed by atoms with E-state index in [2.05, 4.69) is 35.3 Å². The first-order valence-electron chi connectivity index (χ1n) is 10.3. The number of benzene rings is 2. The fourth-order valence-electron chi connectivity index (χ4n) is 4.47. The molecule has 2 aromatic rings. The van der Waals surface area contributed by atoms with Gasteiger partial charge >= 0.3 is 0 Å². The summed E-state index contributed by atoms with van der Waals surface area (Å²) in [6.45, 7) is 3.90. The van der Waals surface area contributed by atoms with Gasteiger partial charge in [0.15, 0.2) is 0 Å². The molecule has 5 nitrogen and oxygen atoms in total. The van der Waals surface area contributed by atoms with E-state index in [4.69, 9.17) is 0 Å². The van der Waals surface area contributed by atoms with E-state index in [0.717, 1.165) is 38.8 Å². The lowest BCUT2D eigenvalue weighted by molar-refractivity contribution is 0.223. The van der Waals surface area contributed by atoms with Gasteiger partial charge in [0.1, 0.15) is 0 Å². The summed E-state index contributed by atoms with van der Waals surface area (Å²) in [5.74, 6) is 0. The van der Waals surface area contributed by atoms with Crippen LogP contribution in [0.1, 0.15) is 48.9 Å². The molecule has 2 atom stereocenters. The van der Waals surface area contributed by atoms with Crippen molar-refractivity contribution in [2.75, 3.05) is 13.1 Å². The summed E-state index contributed by atoms with van der Waals surface area (Å²) in [5, 5.41) is 5.46. The molecule has 6 heteroatoms. The average molecular weight is 400 g/mol. The van der Waals surface area contributed by atoms with Gasteiger partial charge in [-0.15, -0.1) is 4.83 Å². The number of aryl methyl sites for hydroxylation is 1. The second-order valence-electron chi connectivity index (χ2n) is 7.78. The topological polar surface area (TPSA) is 61.4 Å². The normalized spacial score (nSPS) is 22.9. The summed E-state index contributed by atoms with van der Waals surface area (Å²) < 4.78 is 25.5. The Morgan fingerprint density at radius 2 is 1.89 bits per heavy atom. The van der Waals surface area contributed by atoms with Gasteiger partial charge in [-0.05, 0) is 67.5 Å². The molecule has 1 saturated heterocycles. The van der Waals surface area contributed by atoms with Crippen LogP contribution >= 0.6 is 0 Å². The summed E-state index contributed by atoms with van der Waals surface area (Å²) >= 11 is 0. The van der Waals surface area contributed by atoms with Crippen molar-refractivity contribution >= 4 is 10.0 Å². The minimum Gasteiger partial charge on any atom is -0.314 e. The van der Waals surface area contributed by atoms with Crippen LogP contribution in [0, 0.1) is 0 Å². The number of fused-ring (bicyclic) bond motifs is 1. The van der Waals surface area contributed by atoms with Gasteiger partial charge in [-0.3, -0.25) is 0 Å². The first-order chi connectivity index (χ1) is 13.6. The van der Waals surface area contributed by atoms with E-state index < -0.39 is 10.0 Å². The molecule has 0 aromatic heterocycles. The third kappa shape index (κ3) is 4.15. The molecular formula is C22H29N3O2S. The molecule has 1 aliphatic heterocycles. The Hall–Kier alpha value is -1.73. The second kappa shape index (κ2) is 8.33. The van der Waals surface area contributed by atoms with Crippen molar-refractivity contribution in [2.45, 2.75) is 56.0 Å². The molecule has 2 aliphatic rings. The summed E-state index contributed by atoms with van der Waals surface area (Å²) in [6.07, 6.45) is 5.29. The van der Waals surface area contributed by atoms with E-state index in [9.17, 15) is 8.42 Å². The van der Waals surface area contributed by atoms with Gasteiger partial charge in [-0.25, -0.2) is 13.4 Å². The van der Waals surface area contributed by atoms with E-state index in [1.165, 1.54) is 23.1 Å². The maximum atomic E-state index is 12.7. The lowest BCUT2D eigenvalue weighted by Crippen LogP contribution is -2.41. The Kier molecular flexibility index (Phi) is 5.83. The summed E-state index contributed by atoms with van der Waals surface area (Å²) in [7, 11) is -3.55. The number of hydrogen-bond acceptors (Lipinski definition) is 4. The van der Waals surface area contributed by atoms with Crippen LogP contribution in [0.3, 0.4) is 0 Å². The summed E-state index contributed by atoms with van der Waals surface area (Å²) in [6, 6.07) is 16.0. The minimum absolute atomic E-state index is 0.0928. The Labute approximate surface area is 168 Å². The van der Waals surface area contributed by atoms with E-state index >= 15 is 0 Å². The zero-order chi connectivity index (χ0) is 19.6. The molecular weight excluding hydrogens is 370 g/mol. The quantitative estimate of drug-likeness (QED) is 0.783. The number of nitrogens with zero attached hydrogens (tertiary/aromatic N) is 1. The number of hydrogen-bond donors (Lipinski definition) is 2. The zero-order valence-corrected chi connectivity index (χ0v) is 17.2. The molecule has 0 bridgehead atoms. The molecule has 150 valence electrons. The smallest absolute Gasteiger partial charge is 0.253 e. The van der Waals surface area contributed by atoms with Crippen LogP contribution in [0.15, 0.2) is 53.4 Å². The van der Waals surface area contributed by atoms with Crippen molar-refractivity contribution in [3.63, 3.8) is 0 Å². The second-order valence-corrected chi connectivity index (χ2v) is 9.45. The van der Waals surface area contributed by atoms with Crippen molar-refractivity contribution < 1.29 is 8.42 Å². The fourth-order valence-corrected chi connectivity index (χ4v) is 5.62. The molecule has 2 aromatic carbocycles. The Morgan fingerprint density at radius 1 is 1.07 bits per heavy atom. The Balaban J connectivity index is 1.51. The molecule has 1 heterocycles. The van der Waals surface area contributed by atoms with Gasteiger partial charge in [-0.1, -0.05) is 43.3 Å². The van der Waals surface area contributed by atoms with E-state index in [1.54, 1.807) is 24.3 Å². The van der Waals surface area contributed by atoms with Crippen LogP contribution in [-0.2, 0) is 22.9 Å². The van der Waals surface area contributed by atoms with Crippen molar-refractivity contribution in [3.8, 4) is 0 Å². The summed E-state index contributed by atoms with van der Waals surface area (Å²) in [5.41, 5.74) is 4.06. The lowest BCUT2D eigenvalue weighted by Gasteiger charge is -2.29. The molecule has 1 fully saturated rings. The highest BCUT2D eigenvalue weighted by Crippen LogP contribution is 2.33. The molecule has 2 N–H and O–H groups in total. The van der Waals surface area contributed by atoms with Gasteiger partial charge < -0.3 is 5.32 Å². The SMILES string of the molecule is CCN[C@H]1CCc2cc(C3CCCN3NS(=O)(=O)c3ccccc3)ccc2C1. The third-order valence-corrected chi connectivity index (χ3v) is 7.25. The highest BCUT2D eigenvalue weighted by Gasteiger charge is 2.30. The molecule has 0 saturated carbocycles. The predicted octanol–water partition coefficient (Wildman–Crippen LogP) is 3.18. The molecule has 28 heavy (non-hydrogen) atoms. The first kappa shape index (κ1) is 19.6. The Morgan fingerprint density at radius 3 is 2.68 bits per heavy atom. The predicted molar refractivity (Wildman–Crippen MR) is 111 cm³/mol. The van der Waals surface area contributed by atoms with Crippen LogP contribution < -0.4 is 10.1 Å². The van der Waals surface area contributed by atoms with Crippen LogP contribution in [0.25, 0.3) is 0 Å². The van der Waals surface area contributed by atoms with Crippen LogP contribution in [0.2, 0.25) is 0 Å². The fraction of sp³-hybridized carbons (Fsp3) is 0.455. The highest BCUT2D eigenvalue weighted by atomic mass is 32.2. The third-order valence-electron chi connectivity index (χ3n) is 5.88. The number of likely N-dealkylation sites (N-methyl/N-ethyl adjacent to an activating group) is 1. The number of sulfonamides is 1. The maximum Gasteiger partial charge on any atom is 0.253 e. The van der Waals surface area contributed by atoms with Crippen molar-refractivity contribution in [1.29, 1.82) is 0 Å². The number of rotatable bonds is 6. The first-order valence-corrected chi connectivity index (χ1v) is 11.7. The molecule has 1 aliphatic carbocycles. The van der Waals surface area contributed by atoms with Crippen molar-refractivity contribution in [3.05, 3.63) is 65.2 Å².